The molecular formula is C29H23N3O6. The van der Waals surface area contributed by atoms with Crippen LogP contribution < -0.4 is 10.1 Å². The van der Waals surface area contributed by atoms with Crippen molar-refractivity contribution < 1.29 is 24.0 Å². The normalized spacial score (nSPS) is 13.2. The standard InChI is InChI=1S/C29H23N3O6/c1-37-22-12-9-18(10-13-22)15-19-11-14-24-27(23-7-2-3-8-25(23)31-28(19)24)29(34)38-17-26(33)30-20-5-4-6-21(16-20)32(35)36/h2-10,12-13,15-16H,11,14,17H2,1H3,(H,30,33)/b19-15+. The van der Waals surface area contributed by atoms with E-state index in [0.29, 0.717) is 29.3 Å². The Morgan fingerprint density at radius 2 is 1.84 bits per heavy atom. The number of esters is 1. The van der Waals surface area contributed by atoms with Crippen molar-refractivity contribution in [3.05, 3.63) is 105 Å². The number of nitro benzene ring substituents is 1. The number of para-hydroxylation sites is 1. The number of carbonyl (C=O) groups excluding carboxylic acids is 2. The highest BCUT2D eigenvalue weighted by Gasteiger charge is 2.28. The molecule has 9 nitrogen and oxygen atoms in total. The van der Waals surface area contributed by atoms with Crippen LogP contribution in [0.3, 0.4) is 0 Å². The van der Waals surface area contributed by atoms with Crippen LogP contribution in [0.1, 0.15) is 33.6 Å². The zero-order chi connectivity index (χ0) is 26.6. The summed E-state index contributed by atoms with van der Waals surface area (Å²) < 4.78 is 10.6. The molecule has 0 saturated carbocycles. The van der Waals surface area contributed by atoms with Gasteiger partial charge in [-0.15, -0.1) is 0 Å². The van der Waals surface area contributed by atoms with Gasteiger partial charge in [-0.1, -0.05) is 36.4 Å². The average Bonchev–Trinajstić information content (AvgIpc) is 3.32. The first kappa shape index (κ1) is 24.6. The van der Waals surface area contributed by atoms with E-state index in [2.05, 4.69) is 11.4 Å². The third-order valence-electron chi connectivity index (χ3n) is 6.28. The van der Waals surface area contributed by atoms with E-state index in [1.807, 2.05) is 48.5 Å². The first-order valence-electron chi connectivity index (χ1n) is 11.9. The highest BCUT2D eigenvalue weighted by atomic mass is 16.6. The Hall–Kier alpha value is -5.05. The molecular weight excluding hydrogens is 486 g/mol. The number of carbonyl (C=O) groups is 2. The summed E-state index contributed by atoms with van der Waals surface area (Å²) in [6, 6.07) is 20.6. The predicted molar refractivity (Wildman–Crippen MR) is 143 cm³/mol. The molecule has 0 bridgehead atoms. The number of nitrogens with zero attached hydrogens (tertiary/aromatic N) is 2. The second kappa shape index (κ2) is 10.5. The number of pyridine rings is 1. The fraction of sp³-hybridized carbons (Fsp3) is 0.138. The summed E-state index contributed by atoms with van der Waals surface area (Å²) >= 11 is 0. The van der Waals surface area contributed by atoms with E-state index in [0.717, 1.165) is 28.1 Å². The van der Waals surface area contributed by atoms with Crippen molar-refractivity contribution in [1.29, 1.82) is 0 Å². The molecule has 1 aromatic heterocycles. The van der Waals surface area contributed by atoms with Gasteiger partial charge in [-0.3, -0.25) is 14.9 Å². The average molecular weight is 510 g/mol. The van der Waals surface area contributed by atoms with Crippen molar-refractivity contribution in [1.82, 2.24) is 4.98 Å². The van der Waals surface area contributed by atoms with Crippen molar-refractivity contribution >= 4 is 45.8 Å². The monoisotopic (exact) mass is 509 g/mol. The van der Waals surface area contributed by atoms with Gasteiger partial charge in [0, 0.05) is 23.2 Å². The Morgan fingerprint density at radius 1 is 1.05 bits per heavy atom. The van der Waals surface area contributed by atoms with Crippen molar-refractivity contribution in [2.45, 2.75) is 12.8 Å². The van der Waals surface area contributed by atoms with E-state index < -0.39 is 23.4 Å². The molecule has 0 fully saturated rings. The zero-order valence-corrected chi connectivity index (χ0v) is 20.5. The van der Waals surface area contributed by atoms with Crippen LogP contribution in [0, 0.1) is 10.1 Å². The van der Waals surface area contributed by atoms with Gasteiger partial charge in [0.05, 0.1) is 28.8 Å². The van der Waals surface area contributed by atoms with Gasteiger partial charge in [-0.05, 0) is 59.9 Å². The van der Waals surface area contributed by atoms with Crippen LogP contribution in [-0.2, 0) is 16.0 Å². The Labute approximate surface area is 217 Å². The lowest BCUT2D eigenvalue weighted by molar-refractivity contribution is -0.384. The Kier molecular flexibility index (Phi) is 6.82. The minimum atomic E-state index is -0.625. The quantitative estimate of drug-likeness (QED) is 0.200. The first-order chi connectivity index (χ1) is 18.4. The number of anilines is 1. The summed E-state index contributed by atoms with van der Waals surface area (Å²) in [5, 5.41) is 14.2. The molecule has 1 heterocycles. The fourth-order valence-corrected chi connectivity index (χ4v) is 4.51. The molecule has 0 aliphatic heterocycles. The van der Waals surface area contributed by atoms with E-state index in [1.54, 1.807) is 7.11 Å². The molecule has 5 rings (SSSR count). The molecule has 1 aliphatic carbocycles. The number of nitrogens with one attached hydrogen (secondary N) is 1. The lowest BCUT2D eigenvalue weighted by Crippen LogP contribution is -2.21. The number of allylic oxidation sites excluding steroid dienone is 1. The van der Waals surface area contributed by atoms with Gasteiger partial charge in [0.25, 0.3) is 11.6 Å². The molecule has 1 aliphatic rings. The number of aromatic nitrogens is 1. The smallest absolute Gasteiger partial charge is 0.339 e. The summed E-state index contributed by atoms with van der Waals surface area (Å²) in [5.74, 6) is -0.462. The van der Waals surface area contributed by atoms with Crippen LogP contribution in [0.5, 0.6) is 5.75 Å². The fourth-order valence-electron chi connectivity index (χ4n) is 4.51. The summed E-state index contributed by atoms with van der Waals surface area (Å²) in [4.78, 5) is 41.0. The molecule has 0 spiro atoms. The predicted octanol–water partition coefficient (Wildman–Crippen LogP) is 5.43. The number of rotatable bonds is 7. The Balaban J connectivity index is 1.40. The zero-order valence-electron chi connectivity index (χ0n) is 20.5. The molecule has 1 N–H and O–H groups in total. The number of amides is 1. The summed E-state index contributed by atoms with van der Waals surface area (Å²) in [7, 11) is 1.62. The van der Waals surface area contributed by atoms with E-state index >= 15 is 0 Å². The van der Waals surface area contributed by atoms with Crippen molar-refractivity contribution in [2.24, 2.45) is 0 Å². The van der Waals surface area contributed by atoms with Crippen LogP contribution in [0.15, 0.2) is 72.8 Å². The van der Waals surface area contributed by atoms with Gasteiger partial charge < -0.3 is 14.8 Å². The maximum absolute atomic E-state index is 13.3. The maximum atomic E-state index is 13.3. The van der Waals surface area contributed by atoms with Crippen LogP contribution >= 0.6 is 0 Å². The van der Waals surface area contributed by atoms with E-state index in [-0.39, 0.29) is 11.4 Å². The van der Waals surface area contributed by atoms with Gasteiger partial charge in [-0.25, -0.2) is 9.78 Å². The third-order valence-corrected chi connectivity index (χ3v) is 6.28. The van der Waals surface area contributed by atoms with Gasteiger partial charge in [0.15, 0.2) is 6.61 Å². The molecule has 3 aromatic carbocycles. The molecule has 190 valence electrons. The topological polar surface area (TPSA) is 121 Å². The first-order valence-corrected chi connectivity index (χ1v) is 11.9. The van der Waals surface area contributed by atoms with Crippen molar-refractivity contribution in [2.75, 3.05) is 19.0 Å². The molecule has 0 atom stereocenters. The van der Waals surface area contributed by atoms with Gasteiger partial charge in [-0.2, -0.15) is 0 Å². The number of benzene rings is 3. The molecule has 9 heteroatoms. The summed E-state index contributed by atoms with van der Waals surface area (Å²) in [6.45, 7) is -0.540. The highest BCUT2D eigenvalue weighted by molar-refractivity contribution is 6.08. The summed E-state index contributed by atoms with van der Waals surface area (Å²) in [5.41, 5.74) is 4.66. The Bertz CT molecular complexity index is 1590. The molecule has 0 unspecified atom stereocenters. The largest absolute Gasteiger partial charge is 0.497 e. The number of hydrogen-bond donors (Lipinski definition) is 1. The lowest BCUT2D eigenvalue weighted by Gasteiger charge is -2.12. The van der Waals surface area contributed by atoms with Crippen molar-refractivity contribution in [3.63, 3.8) is 0 Å². The second-order valence-corrected chi connectivity index (χ2v) is 8.71. The van der Waals surface area contributed by atoms with Crippen molar-refractivity contribution in [3.8, 4) is 5.75 Å². The number of methoxy groups -OCH3 is 1. The third kappa shape index (κ3) is 5.08. The van der Waals surface area contributed by atoms with Gasteiger partial charge in [0.2, 0.25) is 0 Å². The van der Waals surface area contributed by atoms with Crippen LogP contribution in [-0.4, -0.2) is 35.5 Å². The van der Waals surface area contributed by atoms with E-state index in [4.69, 9.17) is 14.5 Å². The van der Waals surface area contributed by atoms with Gasteiger partial charge in [0.1, 0.15) is 5.75 Å². The number of fused-ring (bicyclic) bond motifs is 2. The minimum Gasteiger partial charge on any atom is -0.497 e. The van der Waals surface area contributed by atoms with Gasteiger partial charge >= 0.3 is 5.97 Å². The maximum Gasteiger partial charge on any atom is 0.339 e. The van der Waals surface area contributed by atoms with Crippen LogP contribution in [0.25, 0.3) is 22.6 Å². The minimum absolute atomic E-state index is 0.155. The lowest BCUT2D eigenvalue weighted by atomic mass is 10.0. The molecule has 0 saturated heterocycles. The Morgan fingerprint density at radius 3 is 2.61 bits per heavy atom. The number of non-ortho nitro benzene ring substituents is 1. The molecule has 38 heavy (non-hydrogen) atoms. The summed E-state index contributed by atoms with van der Waals surface area (Å²) in [6.07, 6.45) is 3.37. The number of ether oxygens (including phenoxy) is 2. The number of hydrogen-bond acceptors (Lipinski definition) is 7. The van der Waals surface area contributed by atoms with Crippen LogP contribution in [0.4, 0.5) is 11.4 Å². The SMILES string of the molecule is COc1ccc(/C=C2\CCc3c2nc2ccccc2c3C(=O)OCC(=O)Nc2cccc([N+](=O)[O-])c2)cc1. The molecule has 4 aromatic rings. The highest BCUT2D eigenvalue weighted by Crippen LogP contribution is 2.38. The second-order valence-electron chi connectivity index (χ2n) is 8.71. The molecule has 0 radical (unpaired) electrons. The van der Waals surface area contributed by atoms with E-state index in [9.17, 15) is 19.7 Å². The molecule has 1 amide bonds. The number of nitro groups is 1. The van der Waals surface area contributed by atoms with Crippen LogP contribution in [0.2, 0.25) is 0 Å². The van der Waals surface area contributed by atoms with E-state index in [1.165, 1.54) is 24.3 Å².